The van der Waals surface area contributed by atoms with Gasteiger partial charge in [-0.2, -0.15) is 13.2 Å². The normalized spacial score (nSPS) is 14.4. The Morgan fingerprint density at radius 1 is 1.21 bits per heavy atom. The molecule has 0 atom stereocenters. The first-order valence-electron chi connectivity index (χ1n) is 7.31. The van der Waals surface area contributed by atoms with Crippen molar-refractivity contribution in [1.29, 1.82) is 0 Å². The van der Waals surface area contributed by atoms with Gasteiger partial charge in [-0.15, -0.1) is 0 Å². The molecule has 126 valence electrons. The van der Waals surface area contributed by atoms with E-state index in [0.717, 1.165) is 36.0 Å². The van der Waals surface area contributed by atoms with E-state index in [9.17, 15) is 18.0 Å². The number of alkyl halides is 3. The number of hydrogen-bond acceptors (Lipinski definition) is 4. The first-order valence-corrected chi connectivity index (χ1v) is 8.29. The van der Waals surface area contributed by atoms with Crippen LogP contribution in [0, 0.1) is 0 Å². The number of carbonyl (C=O) groups is 1. The maximum absolute atomic E-state index is 12.6. The van der Waals surface area contributed by atoms with Crippen molar-refractivity contribution in [2.75, 3.05) is 12.3 Å². The fraction of sp³-hybridized carbons (Fsp3) is 0.312. The van der Waals surface area contributed by atoms with Crippen LogP contribution in [0.2, 0.25) is 0 Å². The Hall–Kier alpha value is -2.09. The molecule has 0 spiro atoms. The molecule has 8 heteroatoms. The van der Waals surface area contributed by atoms with E-state index >= 15 is 0 Å². The SMILES string of the molecule is O=C(CSc1nccc(C(F)(F)F)n1)N1CCc2ccccc2C1. The van der Waals surface area contributed by atoms with Crippen molar-refractivity contribution in [1.82, 2.24) is 14.9 Å². The van der Waals surface area contributed by atoms with Gasteiger partial charge >= 0.3 is 6.18 Å². The first-order chi connectivity index (χ1) is 11.4. The zero-order chi connectivity index (χ0) is 17.2. The summed E-state index contributed by atoms with van der Waals surface area (Å²) in [7, 11) is 0. The number of thioether (sulfide) groups is 1. The number of fused-ring (bicyclic) bond motifs is 1. The number of amides is 1. The molecule has 2 aromatic rings. The smallest absolute Gasteiger partial charge is 0.337 e. The number of carbonyl (C=O) groups excluding carboxylic acids is 1. The fourth-order valence-electron chi connectivity index (χ4n) is 2.49. The zero-order valence-electron chi connectivity index (χ0n) is 12.6. The fourth-order valence-corrected chi connectivity index (χ4v) is 3.23. The number of benzene rings is 1. The molecule has 1 aromatic heterocycles. The van der Waals surface area contributed by atoms with E-state index in [1.54, 1.807) is 4.90 Å². The van der Waals surface area contributed by atoms with Gasteiger partial charge in [-0.05, 0) is 23.6 Å². The Morgan fingerprint density at radius 2 is 1.96 bits per heavy atom. The summed E-state index contributed by atoms with van der Waals surface area (Å²) >= 11 is 0.920. The van der Waals surface area contributed by atoms with Gasteiger partial charge in [-0.1, -0.05) is 36.0 Å². The number of rotatable bonds is 3. The molecule has 24 heavy (non-hydrogen) atoms. The van der Waals surface area contributed by atoms with Gasteiger partial charge in [-0.3, -0.25) is 4.79 Å². The molecular formula is C16H14F3N3OS. The van der Waals surface area contributed by atoms with Crippen molar-refractivity contribution >= 4 is 17.7 Å². The molecule has 1 aliphatic rings. The lowest BCUT2D eigenvalue weighted by Gasteiger charge is -2.28. The third-order valence-corrected chi connectivity index (χ3v) is 4.58. The Kier molecular flexibility index (Phi) is 4.75. The minimum Gasteiger partial charge on any atom is -0.337 e. The highest BCUT2D eigenvalue weighted by atomic mass is 32.2. The van der Waals surface area contributed by atoms with Crippen LogP contribution in [0.5, 0.6) is 0 Å². The molecule has 0 radical (unpaired) electrons. The zero-order valence-corrected chi connectivity index (χ0v) is 13.4. The summed E-state index contributed by atoms with van der Waals surface area (Å²) in [5, 5.41) is -0.0458. The van der Waals surface area contributed by atoms with Crippen LogP contribution in [-0.4, -0.2) is 33.1 Å². The minimum atomic E-state index is -4.52. The summed E-state index contributed by atoms with van der Waals surface area (Å²) in [6.07, 6.45) is -2.68. The average molecular weight is 353 g/mol. The highest BCUT2D eigenvalue weighted by Crippen LogP contribution is 2.28. The molecule has 0 fully saturated rings. The topological polar surface area (TPSA) is 46.1 Å². The van der Waals surface area contributed by atoms with Crippen LogP contribution < -0.4 is 0 Å². The molecule has 0 aliphatic carbocycles. The van der Waals surface area contributed by atoms with Gasteiger partial charge in [0.25, 0.3) is 0 Å². The summed E-state index contributed by atoms with van der Waals surface area (Å²) in [6, 6.07) is 8.74. The highest BCUT2D eigenvalue weighted by molar-refractivity contribution is 7.99. The standard InChI is InChI=1S/C16H14F3N3OS/c17-16(18,19)13-5-7-20-15(21-13)24-10-14(23)22-8-6-11-3-1-2-4-12(11)9-22/h1-5,7H,6,8-10H2. The summed E-state index contributed by atoms with van der Waals surface area (Å²) < 4.78 is 37.9. The Labute approximate surface area is 141 Å². The molecule has 0 N–H and O–H groups in total. The van der Waals surface area contributed by atoms with Crippen LogP contribution >= 0.6 is 11.8 Å². The van der Waals surface area contributed by atoms with Crippen molar-refractivity contribution in [3.05, 3.63) is 53.3 Å². The third kappa shape index (κ3) is 3.87. The van der Waals surface area contributed by atoms with Gasteiger partial charge in [0, 0.05) is 19.3 Å². The van der Waals surface area contributed by atoms with E-state index in [2.05, 4.69) is 9.97 Å². The van der Waals surface area contributed by atoms with Crippen molar-refractivity contribution in [2.24, 2.45) is 0 Å². The van der Waals surface area contributed by atoms with Crippen molar-refractivity contribution in [2.45, 2.75) is 24.3 Å². The van der Waals surface area contributed by atoms with E-state index in [1.807, 2.05) is 24.3 Å². The number of nitrogens with zero attached hydrogens (tertiary/aromatic N) is 3. The second-order valence-electron chi connectivity index (χ2n) is 5.34. The predicted molar refractivity (Wildman–Crippen MR) is 83.3 cm³/mol. The maximum atomic E-state index is 12.6. The molecule has 2 heterocycles. The Balaban J connectivity index is 1.61. The summed E-state index contributed by atoms with van der Waals surface area (Å²) in [4.78, 5) is 21.2. The van der Waals surface area contributed by atoms with Gasteiger partial charge in [-0.25, -0.2) is 9.97 Å². The molecule has 0 saturated heterocycles. The number of halogens is 3. The first kappa shape index (κ1) is 16.8. The predicted octanol–water partition coefficient (Wildman–Crippen LogP) is 3.17. The Morgan fingerprint density at radius 3 is 2.71 bits per heavy atom. The molecule has 1 amide bonds. The van der Waals surface area contributed by atoms with E-state index in [-0.39, 0.29) is 16.8 Å². The summed E-state index contributed by atoms with van der Waals surface area (Å²) in [5.41, 5.74) is 1.34. The lowest BCUT2D eigenvalue weighted by atomic mass is 10.00. The van der Waals surface area contributed by atoms with Crippen LogP contribution in [-0.2, 0) is 23.9 Å². The third-order valence-electron chi connectivity index (χ3n) is 3.73. The maximum Gasteiger partial charge on any atom is 0.433 e. The Bertz CT molecular complexity index is 751. The highest BCUT2D eigenvalue weighted by Gasteiger charge is 2.32. The van der Waals surface area contributed by atoms with E-state index in [0.29, 0.717) is 13.1 Å². The quantitative estimate of drug-likeness (QED) is 0.628. The molecule has 4 nitrogen and oxygen atoms in total. The molecule has 0 saturated carbocycles. The monoisotopic (exact) mass is 353 g/mol. The van der Waals surface area contributed by atoms with Crippen LogP contribution in [0.15, 0.2) is 41.7 Å². The van der Waals surface area contributed by atoms with Crippen molar-refractivity contribution < 1.29 is 18.0 Å². The molecule has 0 bridgehead atoms. The molecule has 1 aromatic carbocycles. The number of aromatic nitrogens is 2. The molecule has 0 unspecified atom stereocenters. The average Bonchev–Trinajstić information content (AvgIpc) is 2.59. The van der Waals surface area contributed by atoms with Crippen LogP contribution in [0.3, 0.4) is 0 Å². The van der Waals surface area contributed by atoms with Gasteiger partial charge < -0.3 is 4.90 Å². The van der Waals surface area contributed by atoms with Gasteiger partial charge in [0.2, 0.25) is 5.91 Å². The minimum absolute atomic E-state index is 0.0173. The lowest BCUT2D eigenvalue weighted by molar-refractivity contribution is -0.141. The summed E-state index contributed by atoms with van der Waals surface area (Å²) in [6.45, 7) is 1.14. The van der Waals surface area contributed by atoms with Gasteiger partial charge in [0.1, 0.15) is 5.69 Å². The van der Waals surface area contributed by atoms with Crippen molar-refractivity contribution in [3.63, 3.8) is 0 Å². The second-order valence-corrected chi connectivity index (χ2v) is 6.29. The van der Waals surface area contributed by atoms with Gasteiger partial charge in [0.05, 0.1) is 5.75 Å². The summed E-state index contributed by atoms with van der Waals surface area (Å²) in [5.74, 6) is -0.112. The van der Waals surface area contributed by atoms with E-state index < -0.39 is 11.9 Å². The van der Waals surface area contributed by atoms with Crippen LogP contribution in [0.4, 0.5) is 13.2 Å². The molecule has 3 rings (SSSR count). The molecule has 1 aliphatic heterocycles. The van der Waals surface area contributed by atoms with Crippen LogP contribution in [0.25, 0.3) is 0 Å². The number of hydrogen-bond donors (Lipinski definition) is 0. The van der Waals surface area contributed by atoms with E-state index in [4.69, 9.17) is 0 Å². The second kappa shape index (κ2) is 6.80. The largest absolute Gasteiger partial charge is 0.433 e. The van der Waals surface area contributed by atoms with Crippen molar-refractivity contribution in [3.8, 4) is 0 Å². The lowest BCUT2D eigenvalue weighted by Crippen LogP contribution is -2.37. The molecular weight excluding hydrogens is 339 g/mol. The van der Waals surface area contributed by atoms with Crippen LogP contribution in [0.1, 0.15) is 16.8 Å². The van der Waals surface area contributed by atoms with Gasteiger partial charge in [0.15, 0.2) is 5.16 Å². The van der Waals surface area contributed by atoms with E-state index in [1.165, 1.54) is 5.56 Å².